The Bertz CT molecular complexity index is 218. The number of ether oxygens (including phenoxy) is 1. The summed E-state index contributed by atoms with van der Waals surface area (Å²) in [6, 6.07) is 0. The minimum atomic E-state index is -3.01. The van der Waals surface area contributed by atoms with Crippen molar-refractivity contribution in [2.75, 3.05) is 26.3 Å². The summed E-state index contributed by atoms with van der Waals surface area (Å²) in [5.74, 6) is -3.54. The van der Waals surface area contributed by atoms with Crippen LogP contribution in [0.5, 0.6) is 0 Å². The molecule has 4 nitrogen and oxygen atoms in total. The maximum Gasteiger partial charge on any atom is 0.277 e. The maximum atomic E-state index is 12.7. The summed E-state index contributed by atoms with van der Waals surface area (Å²) in [6.07, 6.45) is 1.19. The zero-order chi connectivity index (χ0) is 11.3. The highest BCUT2D eigenvalue weighted by molar-refractivity contribution is 5.78. The molecule has 1 amide bonds. The van der Waals surface area contributed by atoms with Crippen molar-refractivity contribution in [2.45, 2.75) is 18.8 Å². The molecule has 0 bridgehead atoms. The van der Waals surface area contributed by atoms with E-state index in [4.69, 9.17) is 10.5 Å². The maximum absolute atomic E-state index is 12.7. The van der Waals surface area contributed by atoms with E-state index in [2.05, 4.69) is 5.32 Å². The number of hydrogen-bond donors (Lipinski definition) is 2. The first kappa shape index (κ1) is 12.3. The molecule has 0 aromatic carbocycles. The number of halogens is 2. The van der Waals surface area contributed by atoms with E-state index in [1.54, 1.807) is 0 Å². The van der Waals surface area contributed by atoms with Crippen molar-refractivity contribution < 1.29 is 18.3 Å². The van der Waals surface area contributed by atoms with Gasteiger partial charge in [0.1, 0.15) is 0 Å². The fraction of sp³-hybridized carbons (Fsp3) is 0.889. The van der Waals surface area contributed by atoms with E-state index < -0.39 is 19.0 Å². The van der Waals surface area contributed by atoms with Crippen LogP contribution < -0.4 is 11.1 Å². The SMILES string of the molecule is NCC(F)(F)CNC(=O)C1CCOCC1. The molecule has 0 aliphatic carbocycles. The number of nitrogens with two attached hydrogens (primary N) is 1. The molecular formula is C9H16F2N2O2. The van der Waals surface area contributed by atoms with Gasteiger partial charge in [-0.1, -0.05) is 0 Å². The van der Waals surface area contributed by atoms with Gasteiger partial charge in [0.05, 0.1) is 13.1 Å². The molecule has 3 N–H and O–H groups in total. The van der Waals surface area contributed by atoms with Gasteiger partial charge in [0.25, 0.3) is 5.92 Å². The molecule has 0 aromatic rings. The van der Waals surface area contributed by atoms with Crippen molar-refractivity contribution in [3.63, 3.8) is 0 Å². The Morgan fingerprint density at radius 1 is 1.47 bits per heavy atom. The van der Waals surface area contributed by atoms with Crippen molar-refractivity contribution >= 4 is 5.91 Å². The van der Waals surface area contributed by atoms with Gasteiger partial charge in [-0.3, -0.25) is 4.79 Å². The summed E-state index contributed by atoms with van der Waals surface area (Å²) < 4.78 is 30.5. The number of amides is 1. The van der Waals surface area contributed by atoms with E-state index in [1.807, 2.05) is 0 Å². The van der Waals surface area contributed by atoms with Gasteiger partial charge in [-0.25, -0.2) is 8.78 Å². The van der Waals surface area contributed by atoms with Gasteiger partial charge in [0, 0.05) is 19.1 Å². The van der Waals surface area contributed by atoms with Gasteiger partial charge in [-0.15, -0.1) is 0 Å². The first-order chi connectivity index (χ1) is 7.05. The molecule has 15 heavy (non-hydrogen) atoms. The molecule has 0 aromatic heterocycles. The lowest BCUT2D eigenvalue weighted by Crippen LogP contribution is -2.44. The largest absolute Gasteiger partial charge is 0.381 e. The molecule has 1 saturated heterocycles. The Hall–Kier alpha value is -0.750. The standard InChI is InChI=1S/C9H16F2N2O2/c10-9(11,5-12)6-13-8(14)7-1-3-15-4-2-7/h7H,1-6,12H2,(H,13,14). The average molecular weight is 222 g/mol. The van der Waals surface area contributed by atoms with Crippen LogP contribution in [0.2, 0.25) is 0 Å². The van der Waals surface area contributed by atoms with Crippen LogP contribution in [0.1, 0.15) is 12.8 Å². The molecule has 0 atom stereocenters. The molecule has 0 spiro atoms. The van der Waals surface area contributed by atoms with Gasteiger partial charge in [0.15, 0.2) is 0 Å². The monoisotopic (exact) mass is 222 g/mol. The molecule has 1 aliphatic heterocycles. The van der Waals surface area contributed by atoms with Gasteiger partial charge in [-0.05, 0) is 12.8 Å². The van der Waals surface area contributed by atoms with Gasteiger partial charge in [-0.2, -0.15) is 0 Å². The van der Waals surface area contributed by atoms with Gasteiger partial charge >= 0.3 is 0 Å². The zero-order valence-corrected chi connectivity index (χ0v) is 8.47. The van der Waals surface area contributed by atoms with Crippen LogP contribution in [-0.2, 0) is 9.53 Å². The van der Waals surface area contributed by atoms with E-state index >= 15 is 0 Å². The van der Waals surface area contributed by atoms with Crippen LogP contribution in [-0.4, -0.2) is 38.1 Å². The summed E-state index contributed by atoms with van der Waals surface area (Å²) in [5.41, 5.74) is 4.85. The molecule has 1 aliphatic rings. The molecule has 6 heteroatoms. The van der Waals surface area contributed by atoms with Crippen LogP contribution in [0.25, 0.3) is 0 Å². The summed E-state index contributed by atoms with van der Waals surface area (Å²) >= 11 is 0. The average Bonchev–Trinajstić information content (AvgIpc) is 2.27. The highest BCUT2D eigenvalue weighted by Gasteiger charge is 2.29. The van der Waals surface area contributed by atoms with E-state index in [0.717, 1.165) is 0 Å². The first-order valence-electron chi connectivity index (χ1n) is 4.98. The lowest BCUT2D eigenvalue weighted by atomic mass is 9.99. The minimum absolute atomic E-state index is 0.202. The predicted molar refractivity (Wildman–Crippen MR) is 50.6 cm³/mol. The van der Waals surface area contributed by atoms with Crippen LogP contribution in [0.3, 0.4) is 0 Å². The smallest absolute Gasteiger partial charge is 0.277 e. The van der Waals surface area contributed by atoms with Gasteiger partial charge in [0.2, 0.25) is 5.91 Å². The van der Waals surface area contributed by atoms with Crippen molar-refractivity contribution in [2.24, 2.45) is 11.7 Å². The Kier molecular flexibility index (Phi) is 4.41. The molecular weight excluding hydrogens is 206 g/mol. The molecule has 1 rings (SSSR count). The summed E-state index contributed by atoms with van der Waals surface area (Å²) in [7, 11) is 0. The second-order valence-corrected chi connectivity index (χ2v) is 3.66. The molecule has 1 heterocycles. The molecule has 0 radical (unpaired) electrons. The van der Waals surface area contributed by atoms with Crippen molar-refractivity contribution in [3.8, 4) is 0 Å². The van der Waals surface area contributed by atoms with Crippen molar-refractivity contribution in [3.05, 3.63) is 0 Å². The van der Waals surface area contributed by atoms with Crippen molar-refractivity contribution in [1.82, 2.24) is 5.32 Å². The molecule has 88 valence electrons. The number of hydrogen-bond acceptors (Lipinski definition) is 3. The first-order valence-corrected chi connectivity index (χ1v) is 4.98. The highest BCUT2D eigenvalue weighted by Crippen LogP contribution is 2.15. The summed E-state index contributed by atoms with van der Waals surface area (Å²) in [5, 5.41) is 2.22. The second-order valence-electron chi connectivity index (χ2n) is 3.66. The number of alkyl halides is 2. The normalized spacial score (nSPS) is 18.9. The van der Waals surface area contributed by atoms with E-state index in [-0.39, 0.29) is 11.8 Å². The third kappa shape index (κ3) is 4.09. The Morgan fingerprint density at radius 2 is 2.07 bits per heavy atom. The third-order valence-corrected chi connectivity index (χ3v) is 2.41. The Labute approximate surface area is 87.1 Å². The highest BCUT2D eigenvalue weighted by atomic mass is 19.3. The van der Waals surface area contributed by atoms with E-state index in [1.165, 1.54) is 0 Å². The van der Waals surface area contributed by atoms with E-state index in [0.29, 0.717) is 26.1 Å². The van der Waals surface area contributed by atoms with Crippen molar-refractivity contribution in [1.29, 1.82) is 0 Å². The lowest BCUT2D eigenvalue weighted by molar-refractivity contribution is -0.129. The van der Waals surface area contributed by atoms with Crippen LogP contribution >= 0.6 is 0 Å². The lowest BCUT2D eigenvalue weighted by Gasteiger charge is -2.22. The molecule has 1 fully saturated rings. The third-order valence-electron chi connectivity index (χ3n) is 2.41. The predicted octanol–water partition coefficient (Wildman–Crippen LogP) is 0.123. The minimum Gasteiger partial charge on any atom is -0.381 e. The van der Waals surface area contributed by atoms with E-state index in [9.17, 15) is 13.6 Å². The van der Waals surface area contributed by atoms with Crippen LogP contribution in [0.4, 0.5) is 8.78 Å². The Morgan fingerprint density at radius 3 is 2.60 bits per heavy atom. The van der Waals surface area contributed by atoms with Crippen LogP contribution in [0, 0.1) is 5.92 Å². The zero-order valence-electron chi connectivity index (χ0n) is 8.47. The summed E-state index contributed by atoms with van der Waals surface area (Å²) in [6.45, 7) is -0.391. The Balaban J connectivity index is 2.28. The fourth-order valence-corrected chi connectivity index (χ4v) is 1.39. The molecule has 0 unspecified atom stereocenters. The second kappa shape index (κ2) is 5.37. The molecule has 0 saturated carbocycles. The number of carbonyl (C=O) groups is 1. The number of carbonyl (C=O) groups excluding carboxylic acids is 1. The fourth-order valence-electron chi connectivity index (χ4n) is 1.39. The number of nitrogens with one attached hydrogen (secondary N) is 1. The van der Waals surface area contributed by atoms with Gasteiger partial charge < -0.3 is 15.8 Å². The number of rotatable bonds is 4. The quantitative estimate of drug-likeness (QED) is 0.710. The summed E-state index contributed by atoms with van der Waals surface area (Å²) in [4.78, 5) is 11.4. The van der Waals surface area contributed by atoms with Crippen LogP contribution in [0.15, 0.2) is 0 Å². The topological polar surface area (TPSA) is 64.3 Å².